The lowest BCUT2D eigenvalue weighted by Crippen LogP contribution is -2.56. The second-order valence-electron chi connectivity index (χ2n) is 8.59. The summed E-state index contributed by atoms with van der Waals surface area (Å²) in [5.41, 5.74) is 0. The van der Waals surface area contributed by atoms with E-state index >= 15 is 0 Å². The summed E-state index contributed by atoms with van der Waals surface area (Å²) < 4.78 is 15.1. The van der Waals surface area contributed by atoms with E-state index in [1.54, 1.807) is 0 Å². The van der Waals surface area contributed by atoms with Crippen LogP contribution in [0.4, 0.5) is 4.39 Å². The van der Waals surface area contributed by atoms with E-state index in [0.29, 0.717) is 38.3 Å². The lowest BCUT2D eigenvalue weighted by atomic mass is 9.82. The Balaban J connectivity index is 1.31. The number of fused-ring (bicyclic) bond motifs is 3. The van der Waals surface area contributed by atoms with E-state index in [1.807, 2.05) is 9.47 Å². The first kappa shape index (κ1) is 18.0. The molecule has 4 aliphatic rings. The van der Waals surface area contributed by atoms with Crippen LogP contribution in [0.1, 0.15) is 61.0 Å². The molecule has 152 valence electrons. The lowest BCUT2D eigenvalue weighted by molar-refractivity contribution is -0.144. The van der Waals surface area contributed by atoms with Crippen LogP contribution in [0.2, 0.25) is 0 Å². The van der Waals surface area contributed by atoms with E-state index in [-0.39, 0.29) is 29.8 Å². The summed E-state index contributed by atoms with van der Waals surface area (Å²) in [6.45, 7) is 3.49. The highest BCUT2D eigenvalue weighted by Crippen LogP contribution is 2.34. The van der Waals surface area contributed by atoms with Gasteiger partial charge in [0.1, 0.15) is 6.17 Å². The fraction of sp³-hybridized carbons (Fsp3) is 0.789. The highest BCUT2D eigenvalue weighted by atomic mass is 19.1. The van der Waals surface area contributed by atoms with Gasteiger partial charge in [-0.2, -0.15) is 0 Å². The zero-order valence-electron chi connectivity index (χ0n) is 16.0. The molecule has 1 aromatic heterocycles. The van der Waals surface area contributed by atoms with Crippen molar-refractivity contribution >= 4 is 11.8 Å². The SMILES string of the molecule is O=C(NC1CCCC1)c1nnc2n1CCN1CCN(C(=O)C3CC(F)C3)CC21. The van der Waals surface area contributed by atoms with Crippen LogP contribution in [0.15, 0.2) is 0 Å². The van der Waals surface area contributed by atoms with Crippen molar-refractivity contribution in [3.8, 4) is 0 Å². The Bertz CT molecular complexity index is 770. The van der Waals surface area contributed by atoms with E-state index in [0.717, 1.165) is 44.6 Å². The van der Waals surface area contributed by atoms with Crippen molar-refractivity contribution in [2.75, 3.05) is 26.2 Å². The molecule has 0 bridgehead atoms. The fourth-order valence-electron chi connectivity index (χ4n) is 5.04. The predicted octanol–water partition coefficient (Wildman–Crippen LogP) is 0.897. The number of nitrogens with zero attached hydrogens (tertiary/aromatic N) is 5. The third-order valence-electron chi connectivity index (χ3n) is 6.81. The monoisotopic (exact) mass is 390 g/mol. The topological polar surface area (TPSA) is 83.4 Å². The molecule has 5 rings (SSSR count). The number of carbonyl (C=O) groups excluding carboxylic acids is 2. The minimum atomic E-state index is -0.825. The number of halogens is 1. The minimum absolute atomic E-state index is 0.0479. The molecule has 1 N–H and O–H groups in total. The van der Waals surface area contributed by atoms with Gasteiger partial charge in [-0.1, -0.05) is 12.8 Å². The van der Waals surface area contributed by atoms with Gasteiger partial charge in [-0.25, -0.2) is 4.39 Å². The number of carbonyl (C=O) groups is 2. The number of rotatable bonds is 3. The maximum atomic E-state index is 13.1. The molecule has 2 aliphatic carbocycles. The van der Waals surface area contributed by atoms with E-state index in [1.165, 1.54) is 0 Å². The van der Waals surface area contributed by atoms with Crippen molar-refractivity contribution in [1.82, 2.24) is 29.9 Å². The van der Waals surface area contributed by atoms with E-state index in [9.17, 15) is 14.0 Å². The Morgan fingerprint density at radius 2 is 1.79 bits per heavy atom. The average Bonchev–Trinajstić information content (AvgIpc) is 3.34. The zero-order valence-corrected chi connectivity index (χ0v) is 16.0. The Morgan fingerprint density at radius 3 is 2.54 bits per heavy atom. The average molecular weight is 390 g/mol. The van der Waals surface area contributed by atoms with Crippen LogP contribution in [-0.2, 0) is 11.3 Å². The van der Waals surface area contributed by atoms with E-state index in [4.69, 9.17) is 0 Å². The Kier molecular flexibility index (Phi) is 4.57. The predicted molar refractivity (Wildman–Crippen MR) is 98.3 cm³/mol. The van der Waals surface area contributed by atoms with Gasteiger partial charge < -0.3 is 14.8 Å². The summed E-state index contributed by atoms with van der Waals surface area (Å²) in [6, 6.07) is 0.193. The van der Waals surface area contributed by atoms with Gasteiger partial charge in [0.25, 0.3) is 5.91 Å². The Labute approximate surface area is 163 Å². The summed E-state index contributed by atoms with van der Waals surface area (Å²) >= 11 is 0. The molecule has 1 unspecified atom stereocenters. The number of nitrogens with one attached hydrogen (secondary N) is 1. The molecule has 3 fully saturated rings. The van der Waals surface area contributed by atoms with E-state index < -0.39 is 6.17 Å². The molecule has 9 heteroatoms. The van der Waals surface area contributed by atoms with Gasteiger partial charge in [0.2, 0.25) is 11.7 Å². The molecular formula is C19H27FN6O2. The maximum Gasteiger partial charge on any atom is 0.289 e. The van der Waals surface area contributed by atoms with Gasteiger partial charge in [0.05, 0.1) is 6.04 Å². The highest BCUT2D eigenvalue weighted by Gasteiger charge is 2.42. The van der Waals surface area contributed by atoms with Gasteiger partial charge in [-0.3, -0.25) is 14.5 Å². The molecule has 3 heterocycles. The van der Waals surface area contributed by atoms with Crippen molar-refractivity contribution in [2.45, 2.75) is 63.3 Å². The largest absolute Gasteiger partial charge is 0.347 e. The van der Waals surface area contributed by atoms with Crippen molar-refractivity contribution < 1.29 is 14.0 Å². The third kappa shape index (κ3) is 3.09. The van der Waals surface area contributed by atoms with E-state index in [2.05, 4.69) is 20.4 Å². The molecule has 0 radical (unpaired) electrons. The summed E-state index contributed by atoms with van der Waals surface area (Å²) in [5.74, 6) is 0.882. The van der Waals surface area contributed by atoms with Crippen LogP contribution >= 0.6 is 0 Å². The minimum Gasteiger partial charge on any atom is -0.347 e. The Morgan fingerprint density at radius 1 is 1.04 bits per heavy atom. The first-order chi connectivity index (χ1) is 13.6. The van der Waals surface area contributed by atoms with Crippen LogP contribution in [0.3, 0.4) is 0 Å². The summed E-state index contributed by atoms with van der Waals surface area (Å²) in [6.07, 6.45) is 4.26. The fourth-order valence-corrected chi connectivity index (χ4v) is 5.04. The summed E-state index contributed by atoms with van der Waals surface area (Å²) in [7, 11) is 0. The first-order valence-electron chi connectivity index (χ1n) is 10.5. The van der Waals surface area contributed by atoms with Crippen LogP contribution < -0.4 is 5.32 Å². The molecule has 2 aliphatic heterocycles. The summed E-state index contributed by atoms with van der Waals surface area (Å²) in [5, 5.41) is 11.6. The van der Waals surface area contributed by atoms with Crippen LogP contribution in [0.5, 0.6) is 0 Å². The molecule has 28 heavy (non-hydrogen) atoms. The Hall–Kier alpha value is -2.03. The molecule has 1 saturated heterocycles. The van der Waals surface area contributed by atoms with Gasteiger partial charge >= 0.3 is 0 Å². The van der Waals surface area contributed by atoms with Crippen LogP contribution in [0, 0.1) is 5.92 Å². The number of hydrogen-bond acceptors (Lipinski definition) is 5. The second kappa shape index (κ2) is 7.09. The zero-order chi connectivity index (χ0) is 19.3. The van der Waals surface area contributed by atoms with Crippen molar-refractivity contribution in [3.05, 3.63) is 11.6 Å². The van der Waals surface area contributed by atoms with Crippen molar-refractivity contribution in [1.29, 1.82) is 0 Å². The molecule has 8 nitrogen and oxygen atoms in total. The smallest absolute Gasteiger partial charge is 0.289 e. The maximum absolute atomic E-state index is 13.1. The highest BCUT2D eigenvalue weighted by molar-refractivity contribution is 5.91. The number of amides is 2. The van der Waals surface area contributed by atoms with Crippen molar-refractivity contribution in [2.24, 2.45) is 5.92 Å². The van der Waals surface area contributed by atoms with Gasteiger partial charge in [-0.15, -0.1) is 10.2 Å². The first-order valence-corrected chi connectivity index (χ1v) is 10.5. The summed E-state index contributed by atoms with van der Waals surface area (Å²) in [4.78, 5) is 29.5. The number of piperazine rings is 1. The molecule has 2 saturated carbocycles. The second-order valence-corrected chi connectivity index (χ2v) is 8.59. The van der Waals surface area contributed by atoms with Gasteiger partial charge in [-0.05, 0) is 25.7 Å². The molecule has 2 amide bonds. The third-order valence-corrected chi connectivity index (χ3v) is 6.81. The number of hydrogen-bond donors (Lipinski definition) is 1. The number of aromatic nitrogens is 3. The van der Waals surface area contributed by atoms with Crippen LogP contribution in [-0.4, -0.2) is 74.8 Å². The lowest BCUT2D eigenvalue weighted by Gasteiger charge is -2.45. The van der Waals surface area contributed by atoms with Crippen molar-refractivity contribution in [3.63, 3.8) is 0 Å². The van der Waals surface area contributed by atoms with Gasteiger partial charge in [0, 0.05) is 44.7 Å². The molecule has 1 aromatic rings. The van der Waals surface area contributed by atoms with Crippen LogP contribution in [0.25, 0.3) is 0 Å². The quantitative estimate of drug-likeness (QED) is 0.829. The standard InChI is InChI=1S/C19H27FN6O2/c20-13-9-12(10-13)19(28)25-6-5-24-7-8-26-16(15(24)11-25)22-23-17(26)18(27)21-14-3-1-2-4-14/h12-15H,1-11H2,(H,21,27). The molecular weight excluding hydrogens is 363 g/mol. The normalized spacial score (nSPS) is 30.5. The molecule has 0 spiro atoms. The molecule has 1 atom stereocenters. The number of alkyl halides is 1. The molecule has 0 aromatic carbocycles. The van der Waals surface area contributed by atoms with Gasteiger partial charge in [0.15, 0.2) is 5.82 Å².